The number of hydrogen-bond acceptors (Lipinski definition) is 4. The normalized spacial score (nSPS) is 13.0. The summed E-state index contributed by atoms with van der Waals surface area (Å²) in [5.74, 6) is -2.12. The number of carbonyl (C=O) groups excluding carboxylic acids is 1. The number of hydrogen-bond donors (Lipinski definition) is 1. The number of aliphatic carboxylic acids is 1. The molecule has 0 radical (unpaired) electrons. The molecule has 1 saturated heterocycles. The molecule has 0 bridgehead atoms. The van der Waals surface area contributed by atoms with Crippen molar-refractivity contribution in [2.24, 2.45) is 0 Å². The van der Waals surface area contributed by atoms with Crippen LogP contribution in [0.3, 0.4) is 0 Å². The van der Waals surface area contributed by atoms with Crippen LogP contribution in [-0.2, 0) is 4.79 Å². The van der Waals surface area contributed by atoms with E-state index in [1.54, 1.807) is 41.1 Å². The smallest absolute Gasteiger partial charge is 0.323 e. The van der Waals surface area contributed by atoms with Gasteiger partial charge in [0.15, 0.2) is 0 Å². The summed E-state index contributed by atoms with van der Waals surface area (Å²) in [6, 6.07) is 16.1. The van der Waals surface area contributed by atoms with Crippen molar-refractivity contribution < 1.29 is 24.6 Å². The summed E-state index contributed by atoms with van der Waals surface area (Å²) in [7, 11) is 0. The first-order valence-electron chi connectivity index (χ1n) is 10.7. The monoisotopic (exact) mass is 464 g/mol. The highest BCUT2D eigenvalue weighted by atomic mass is 19.1. The Kier molecular flexibility index (Phi) is 7.66. The fourth-order valence-corrected chi connectivity index (χ4v) is 4.13. The Morgan fingerprint density at radius 2 is 1.76 bits per heavy atom. The SMILES string of the molecule is N#Cc1cc(N(CC(=O)O)C(=O)c2cccn2-c2ccc(F)cc2)ccc1N1CCCCC1.O. The number of rotatable bonds is 6. The lowest BCUT2D eigenvalue weighted by Gasteiger charge is -2.30. The molecule has 3 N–H and O–H groups in total. The molecule has 8 nitrogen and oxygen atoms in total. The Bertz CT molecular complexity index is 1210. The van der Waals surface area contributed by atoms with Gasteiger partial charge in [-0.3, -0.25) is 14.5 Å². The van der Waals surface area contributed by atoms with E-state index in [0.717, 1.165) is 42.9 Å². The second-order valence-corrected chi connectivity index (χ2v) is 7.89. The van der Waals surface area contributed by atoms with Gasteiger partial charge >= 0.3 is 5.97 Å². The first kappa shape index (κ1) is 24.5. The lowest BCUT2D eigenvalue weighted by molar-refractivity contribution is -0.135. The van der Waals surface area contributed by atoms with Crippen LogP contribution in [0, 0.1) is 17.1 Å². The van der Waals surface area contributed by atoms with Crippen LogP contribution in [-0.4, -0.2) is 46.7 Å². The lowest BCUT2D eigenvalue weighted by Crippen LogP contribution is -2.37. The third kappa shape index (κ3) is 5.08. The summed E-state index contributed by atoms with van der Waals surface area (Å²) in [4.78, 5) is 28.4. The summed E-state index contributed by atoms with van der Waals surface area (Å²) >= 11 is 0. The Hall–Kier alpha value is -4.16. The van der Waals surface area contributed by atoms with Crippen molar-refractivity contribution in [2.45, 2.75) is 19.3 Å². The Morgan fingerprint density at radius 1 is 1.06 bits per heavy atom. The van der Waals surface area contributed by atoms with Crippen molar-refractivity contribution >= 4 is 23.3 Å². The molecule has 0 atom stereocenters. The van der Waals surface area contributed by atoms with Gasteiger partial charge in [0.1, 0.15) is 24.1 Å². The van der Waals surface area contributed by atoms with Crippen LogP contribution in [0.25, 0.3) is 5.69 Å². The van der Waals surface area contributed by atoms with Crippen molar-refractivity contribution in [3.8, 4) is 11.8 Å². The van der Waals surface area contributed by atoms with Crippen LogP contribution in [0.1, 0.15) is 35.3 Å². The van der Waals surface area contributed by atoms with E-state index in [0.29, 0.717) is 16.9 Å². The van der Waals surface area contributed by atoms with Crippen LogP contribution in [0.5, 0.6) is 0 Å². The summed E-state index contributed by atoms with van der Waals surface area (Å²) in [6.07, 6.45) is 4.91. The van der Waals surface area contributed by atoms with Crippen LogP contribution < -0.4 is 9.80 Å². The highest BCUT2D eigenvalue weighted by Crippen LogP contribution is 2.29. The van der Waals surface area contributed by atoms with E-state index in [1.165, 1.54) is 24.3 Å². The molecule has 0 spiro atoms. The first-order chi connectivity index (χ1) is 16.0. The predicted octanol–water partition coefficient (Wildman–Crippen LogP) is 3.39. The average molecular weight is 464 g/mol. The van der Waals surface area contributed by atoms with Crippen molar-refractivity contribution in [2.75, 3.05) is 29.4 Å². The van der Waals surface area contributed by atoms with E-state index in [-0.39, 0.29) is 11.2 Å². The summed E-state index contributed by atoms with van der Waals surface area (Å²) in [5, 5.41) is 19.2. The minimum Gasteiger partial charge on any atom is -0.480 e. The number of carbonyl (C=O) groups is 2. The maximum absolute atomic E-state index is 13.5. The van der Waals surface area contributed by atoms with Crippen molar-refractivity contribution in [3.63, 3.8) is 0 Å². The van der Waals surface area contributed by atoms with Gasteiger partial charge in [-0.25, -0.2) is 4.39 Å². The molecule has 1 amide bonds. The Labute approximate surface area is 196 Å². The van der Waals surface area contributed by atoms with E-state index in [9.17, 15) is 24.3 Å². The molecule has 4 rings (SSSR count). The van der Waals surface area contributed by atoms with Crippen molar-refractivity contribution in [1.82, 2.24) is 4.57 Å². The molecule has 34 heavy (non-hydrogen) atoms. The van der Waals surface area contributed by atoms with Gasteiger partial charge in [-0.05, 0) is 73.9 Å². The largest absolute Gasteiger partial charge is 0.480 e. The maximum atomic E-state index is 13.5. The van der Waals surface area contributed by atoms with E-state index in [4.69, 9.17) is 0 Å². The zero-order valence-electron chi connectivity index (χ0n) is 18.4. The minimum atomic E-state index is -1.18. The zero-order valence-corrected chi connectivity index (χ0v) is 18.4. The number of carboxylic acids is 1. The second-order valence-electron chi connectivity index (χ2n) is 7.89. The maximum Gasteiger partial charge on any atom is 0.323 e. The number of aromatic nitrogens is 1. The van der Waals surface area contributed by atoms with Gasteiger partial charge in [0.25, 0.3) is 5.91 Å². The molecule has 9 heteroatoms. The van der Waals surface area contributed by atoms with Gasteiger partial charge in [-0.15, -0.1) is 0 Å². The summed E-state index contributed by atoms with van der Waals surface area (Å²) in [5.41, 5.74) is 2.30. The quantitative estimate of drug-likeness (QED) is 0.599. The molecule has 1 fully saturated rings. The molecule has 3 aromatic rings. The van der Waals surface area contributed by atoms with E-state index in [1.807, 2.05) is 0 Å². The van der Waals surface area contributed by atoms with E-state index >= 15 is 0 Å². The predicted molar refractivity (Wildman–Crippen MR) is 126 cm³/mol. The number of nitrogens with zero attached hydrogens (tertiary/aromatic N) is 4. The molecule has 1 aliphatic heterocycles. The van der Waals surface area contributed by atoms with Gasteiger partial charge in [-0.2, -0.15) is 5.26 Å². The van der Waals surface area contributed by atoms with Crippen LogP contribution in [0.4, 0.5) is 15.8 Å². The topological polar surface area (TPSA) is 121 Å². The van der Waals surface area contributed by atoms with Crippen LogP contribution >= 0.6 is 0 Å². The van der Waals surface area contributed by atoms with Gasteiger partial charge < -0.3 is 20.0 Å². The molecule has 0 aliphatic carbocycles. The number of nitriles is 1. The summed E-state index contributed by atoms with van der Waals surface area (Å²) in [6.45, 7) is 1.15. The molecular weight excluding hydrogens is 439 g/mol. The van der Waals surface area contributed by atoms with E-state index < -0.39 is 24.2 Å². The number of piperidine rings is 1. The molecule has 1 aliphatic rings. The summed E-state index contributed by atoms with van der Waals surface area (Å²) < 4.78 is 14.9. The van der Waals surface area contributed by atoms with Crippen LogP contribution in [0.2, 0.25) is 0 Å². The molecule has 0 saturated carbocycles. The molecule has 2 aromatic carbocycles. The highest BCUT2D eigenvalue weighted by molar-refractivity contribution is 6.07. The third-order valence-corrected chi connectivity index (χ3v) is 5.72. The minimum absolute atomic E-state index is 0. The number of amides is 1. The highest BCUT2D eigenvalue weighted by Gasteiger charge is 2.25. The lowest BCUT2D eigenvalue weighted by atomic mass is 10.1. The molecule has 0 unspecified atom stereocenters. The van der Waals surface area contributed by atoms with Gasteiger partial charge in [-0.1, -0.05) is 0 Å². The van der Waals surface area contributed by atoms with Gasteiger partial charge in [0.05, 0.1) is 11.3 Å². The van der Waals surface area contributed by atoms with Gasteiger partial charge in [0.2, 0.25) is 0 Å². The number of anilines is 2. The molecule has 176 valence electrons. The van der Waals surface area contributed by atoms with Crippen molar-refractivity contribution in [3.05, 3.63) is 77.9 Å². The third-order valence-electron chi connectivity index (χ3n) is 5.72. The second kappa shape index (κ2) is 10.6. The number of halogens is 1. The number of carboxylic acid groups (broad SMARTS) is 1. The van der Waals surface area contributed by atoms with E-state index in [2.05, 4.69) is 11.0 Å². The van der Waals surface area contributed by atoms with Crippen molar-refractivity contribution in [1.29, 1.82) is 5.26 Å². The fraction of sp³-hybridized carbons (Fsp3) is 0.240. The first-order valence-corrected chi connectivity index (χ1v) is 10.7. The van der Waals surface area contributed by atoms with Crippen LogP contribution in [0.15, 0.2) is 60.8 Å². The Morgan fingerprint density at radius 3 is 2.41 bits per heavy atom. The number of benzene rings is 2. The van der Waals surface area contributed by atoms with Gasteiger partial charge in [0, 0.05) is 30.7 Å². The molecular formula is C25H25FN4O4. The zero-order chi connectivity index (χ0) is 23.4. The standard InChI is InChI=1S/C25H23FN4O3.H2O/c26-19-6-8-20(9-7-19)29-14-4-5-23(29)25(33)30(17-24(31)32)21-10-11-22(18(15-21)16-27)28-12-2-1-3-13-28;/h4-11,14-15H,1-3,12-13,17H2,(H,31,32);1H2. The average Bonchev–Trinajstić information content (AvgIpc) is 3.32. The molecule has 2 heterocycles. The molecule has 1 aromatic heterocycles. The Balaban J connectivity index is 0.00000324. The fourth-order valence-electron chi connectivity index (χ4n) is 4.13.